The maximum absolute atomic E-state index is 13.3. The van der Waals surface area contributed by atoms with Gasteiger partial charge in [0.1, 0.15) is 0 Å². The van der Waals surface area contributed by atoms with Crippen LogP contribution in [-0.2, 0) is 16.4 Å². The van der Waals surface area contributed by atoms with Gasteiger partial charge in [0, 0.05) is 18.3 Å². The van der Waals surface area contributed by atoms with Gasteiger partial charge in [-0.3, -0.25) is 4.90 Å². The number of sulfonamides is 1. The lowest BCUT2D eigenvalue weighted by Crippen LogP contribution is -2.40. The van der Waals surface area contributed by atoms with Gasteiger partial charge >= 0.3 is 6.03 Å². The lowest BCUT2D eigenvalue weighted by Gasteiger charge is -2.20. The number of fused-ring (bicyclic) bond motifs is 1. The zero-order valence-electron chi connectivity index (χ0n) is 16.4. The quantitative estimate of drug-likeness (QED) is 0.781. The van der Waals surface area contributed by atoms with Crippen LogP contribution in [-0.4, -0.2) is 43.8 Å². The Morgan fingerprint density at radius 2 is 1.90 bits per heavy atom. The zero-order chi connectivity index (χ0) is 20.9. The number of rotatable bonds is 4. The van der Waals surface area contributed by atoms with E-state index in [1.54, 1.807) is 23.1 Å². The summed E-state index contributed by atoms with van der Waals surface area (Å²) in [6.07, 6.45) is 2.66. The molecule has 0 radical (unpaired) electrons. The number of amides is 2. The molecule has 9 heteroatoms. The second-order valence-corrected chi connectivity index (χ2v) is 9.73. The number of urea groups is 1. The number of anilines is 1. The molecule has 2 heterocycles. The summed E-state index contributed by atoms with van der Waals surface area (Å²) in [5.41, 5.74) is 8.52. The molecule has 1 saturated carbocycles. The summed E-state index contributed by atoms with van der Waals surface area (Å²) in [7, 11) is -3.84. The van der Waals surface area contributed by atoms with Crippen molar-refractivity contribution < 1.29 is 13.2 Å². The lowest BCUT2D eigenvalue weighted by molar-refractivity contribution is 0.246. The van der Waals surface area contributed by atoms with Crippen molar-refractivity contribution in [1.29, 1.82) is 0 Å². The average Bonchev–Trinajstić information content (AvgIpc) is 3.30. The summed E-state index contributed by atoms with van der Waals surface area (Å²) < 4.78 is 27.7. The first kappa shape index (κ1) is 18.9. The number of aliphatic imine (C=N–C) groups is 1. The van der Waals surface area contributed by atoms with Crippen LogP contribution in [0.5, 0.6) is 0 Å². The van der Waals surface area contributed by atoms with Crippen LogP contribution in [0.4, 0.5) is 10.5 Å². The molecule has 0 saturated heterocycles. The predicted octanol–water partition coefficient (Wildman–Crippen LogP) is 1.98. The summed E-state index contributed by atoms with van der Waals surface area (Å²) in [6, 6.07) is 14.2. The maximum atomic E-state index is 13.3. The lowest BCUT2D eigenvalue weighted by atomic mass is 10.1. The summed E-state index contributed by atoms with van der Waals surface area (Å²) in [6.45, 7) is 0.714. The Labute approximate surface area is 175 Å². The SMILES string of the molecule is NC1=NC(c2ccccc2)CN1S(=O)(=O)c1ccc2c(c1)CCN2C(=O)NC1CC1. The molecule has 0 aromatic heterocycles. The van der Waals surface area contributed by atoms with Crippen LogP contribution in [0.2, 0.25) is 0 Å². The Morgan fingerprint density at radius 3 is 2.63 bits per heavy atom. The van der Waals surface area contributed by atoms with Crippen LogP contribution in [0.1, 0.15) is 30.0 Å². The number of nitrogens with one attached hydrogen (secondary N) is 1. The van der Waals surface area contributed by atoms with E-state index in [0.717, 1.165) is 29.7 Å². The Morgan fingerprint density at radius 1 is 1.13 bits per heavy atom. The number of guanidine groups is 1. The van der Waals surface area contributed by atoms with E-state index in [9.17, 15) is 13.2 Å². The molecule has 0 spiro atoms. The van der Waals surface area contributed by atoms with Crippen molar-refractivity contribution in [1.82, 2.24) is 9.62 Å². The molecule has 0 bridgehead atoms. The molecule has 30 heavy (non-hydrogen) atoms. The van der Waals surface area contributed by atoms with Crippen molar-refractivity contribution in [2.75, 3.05) is 18.0 Å². The topological polar surface area (TPSA) is 108 Å². The van der Waals surface area contributed by atoms with E-state index in [0.29, 0.717) is 13.0 Å². The van der Waals surface area contributed by atoms with E-state index in [1.165, 1.54) is 4.31 Å². The van der Waals surface area contributed by atoms with E-state index in [4.69, 9.17) is 5.73 Å². The van der Waals surface area contributed by atoms with Gasteiger partial charge in [0.15, 0.2) is 0 Å². The first-order valence-electron chi connectivity index (χ1n) is 10.1. The Kier molecular flexibility index (Phi) is 4.43. The zero-order valence-corrected chi connectivity index (χ0v) is 17.2. The third-order valence-corrected chi connectivity index (χ3v) is 7.52. The fraction of sp³-hybridized carbons (Fsp3) is 0.333. The van der Waals surface area contributed by atoms with Crippen molar-refractivity contribution in [3.8, 4) is 0 Å². The summed E-state index contributed by atoms with van der Waals surface area (Å²) in [4.78, 5) is 18.6. The average molecular weight is 426 g/mol. The molecule has 2 amide bonds. The van der Waals surface area contributed by atoms with Crippen molar-refractivity contribution in [2.24, 2.45) is 10.7 Å². The minimum Gasteiger partial charge on any atom is -0.369 e. The van der Waals surface area contributed by atoms with Gasteiger partial charge in [-0.1, -0.05) is 30.3 Å². The smallest absolute Gasteiger partial charge is 0.322 e. The first-order chi connectivity index (χ1) is 14.4. The molecular weight excluding hydrogens is 402 g/mol. The molecular formula is C21H23N5O3S. The second kappa shape index (κ2) is 7.02. The Hall–Kier alpha value is -3.07. The number of carbonyl (C=O) groups is 1. The highest BCUT2D eigenvalue weighted by Gasteiger charge is 2.36. The molecule has 5 rings (SSSR count). The van der Waals surface area contributed by atoms with Crippen LogP contribution >= 0.6 is 0 Å². The van der Waals surface area contributed by atoms with Crippen molar-refractivity contribution in [3.05, 3.63) is 59.7 Å². The fourth-order valence-corrected chi connectivity index (χ4v) is 5.37. The number of hydrogen-bond acceptors (Lipinski definition) is 5. The number of benzene rings is 2. The van der Waals surface area contributed by atoms with Gasteiger partial charge < -0.3 is 11.1 Å². The van der Waals surface area contributed by atoms with E-state index in [2.05, 4.69) is 10.3 Å². The van der Waals surface area contributed by atoms with Crippen LogP contribution in [0, 0.1) is 0 Å². The van der Waals surface area contributed by atoms with Gasteiger partial charge in [-0.25, -0.2) is 22.5 Å². The van der Waals surface area contributed by atoms with Gasteiger partial charge in [0.05, 0.1) is 17.5 Å². The standard InChI is InChI=1S/C21H23N5O3S/c22-20-24-18(14-4-2-1-3-5-14)13-26(20)30(28,29)17-8-9-19-15(12-17)10-11-25(19)21(27)23-16-6-7-16/h1-5,8-9,12,16,18H,6-7,10-11,13H2,(H2,22,24)(H,23,27). The number of nitrogens with zero attached hydrogens (tertiary/aromatic N) is 3. The molecule has 1 atom stereocenters. The van der Waals surface area contributed by atoms with Gasteiger partial charge in [-0.2, -0.15) is 0 Å². The van der Waals surface area contributed by atoms with Gasteiger partial charge in [-0.05, 0) is 48.6 Å². The predicted molar refractivity (Wildman–Crippen MR) is 114 cm³/mol. The molecule has 1 unspecified atom stereocenters. The molecule has 1 aliphatic carbocycles. The second-order valence-electron chi connectivity index (χ2n) is 7.87. The fourth-order valence-electron chi connectivity index (χ4n) is 3.95. The Balaban J connectivity index is 1.38. The highest BCUT2D eigenvalue weighted by Crippen LogP contribution is 2.33. The van der Waals surface area contributed by atoms with Crippen LogP contribution in [0.25, 0.3) is 0 Å². The van der Waals surface area contributed by atoms with Crippen LogP contribution in [0.3, 0.4) is 0 Å². The molecule has 3 N–H and O–H groups in total. The number of nitrogens with two attached hydrogens (primary N) is 1. The maximum Gasteiger partial charge on any atom is 0.322 e. The van der Waals surface area contributed by atoms with E-state index < -0.39 is 10.0 Å². The highest BCUT2D eigenvalue weighted by atomic mass is 32.2. The third-order valence-electron chi connectivity index (χ3n) is 5.75. The third kappa shape index (κ3) is 3.28. The molecule has 2 aliphatic heterocycles. The number of hydrogen-bond donors (Lipinski definition) is 2. The molecule has 2 aromatic rings. The highest BCUT2D eigenvalue weighted by molar-refractivity contribution is 7.89. The van der Waals surface area contributed by atoms with Crippen molar-refractivity contribution in [3.63, 3.8) is 0 Å². The van der Waals surface area contributed by atoms with Gasteiger partial charge in [0.25, 0.3) is 10.0 Å². The van der Waals surface area contributed by atoms with E-state index in [-0.39, 0.29) is 35.5 Å². The minimum atomic E-state index is -3.84. The number of carbonyl (C=O) groups excluding carboxylic acids is 1. The summed E-state index contributed by atoms with van der Waals surface area (Å²) in [5, 5.41) is 2.98. The molecule has 8 nitrogen and oxygen atoms in total. The van der Waals surface area contributed by atoms with E-state index >= 15 is 0 Å². The monoisotopic (exact) mass is 425 g/mol. The summed E-state index contributed by atoms with van der Waals surface area (Å²) in [5.74, 6) is -0.00482. The first-order valence-corrected chi connectivity index (χ1v) is 11.5. The molecule has 156 valence electrons. The molecule has 1 fully saturated rings. The molecule has 3 aliphatic rings. The minimum absolute atomic E-state index is 0.00482. The van der Waals surface area contributed by atoms with Crippen molar-refractivity contribution >= 4 is 27.7 Å². The molecule has 2 aromatic carbocycles. The van der Waals surface area contributed by atoms with Gasteiger partial charge in [0.2, 0.25) is 5.96 Å². The Bertz CT molecular complexity index is 1130. The van der Waals surface area contributed by atoms with Crippen LogP contribution < -0.4 is 16.0 Å². The largest absolute Gasteiger partial charge is 0.369 e. The normalized spacial score (nSPS) is 20.8. The van der Waals surface area contributed by atoms with Gasteiger partial charge in [-0.15, -0.1) is 0 Å². The van der Waals surface area contributed by atoms with E-state index in [1.807, 2.05) is 30.3 Å². The summed E-state index contributed by atoms with van der Waals surface area (Å²) >= 11 is 0. The van der Waals surface area contributed by atoms with Crippen LogP contribution in [0.15, 0.2) is 58.4 Å². The van der Waals surface area contributed by atoms with Crippen molar-refractivity contribution in [2.45, 2.75) is 36.2 Å².